The summed E-state index contributed by atoms with van der Waals surface area (Å²) < 4.78 is 0. The fourth-order valence-electron chi connectivity index (χ4n) is 2.85. The Morgan fingerprint density at radius 1 is 1.28 bits per heavy atom. The van der Waals surface area contributed by atoms with Gasteiger partial charge in [-0.2, -0.15) is 0 Å². The predicted octanol–water partition coefficient (Wildman–Crippen LogP) is 3.19. The lowest BCUT2D eigenvalue weighted by molar-refractivity contribution is -0.125. The molecule has 1 aromatic carbocycles. The maximum atomic E-state index is 12.3. The van der Waals surface area contributed by atoms with Crippen LogP contribution in [0.15, 0.2) is 47.5 Å². The molecule has 0 unspecified atom stereocenters. The van der Waals surface area contributed by atoms with Gasteiger partial charge in [0.15, 0.2) is 0 Å². The maximum absolute atomic E-state index is 12.3. The van der Waals surface area contributed by atoms with E-state index in [0.717, 1.165) is 5.56 Å². The van der Waals surface area contributed by atoms with E-state index in [9.17, 15) is 9.59 Å². The smallest absolute Gasteiger partial charge is 0.251 e. The first-order chi connectivity index (χ1) is 13.7. The molecule has 0 aliphatic carbocycles. The van der Waals surface area contributed by atoms with Gasteiger partial charge in [0.1, 0.15) is 5.82 Å². The number of primary amides is 1. The quantitative estimate of drug-likeness (QED) is 0.635. The first-order valence-electron chi connectivity index (χ1n) is 8.82. The Hall–Kier alpha value is -3.43. The van der Waals surface area contributed by atoms with Crippen LogP contribution in [0.4, 0.5) is 0 Å². The second-order valence-corrected chi connectivity index (χ2v) is 7.73. The van der Waals surface area contributed by atoms with E-state index in [0.29, 0.717) is 39.7 Å². The second kappa shape index (κ2) is 7.90. The van der Waals surface area contributed by atoms with Crippen molar-refractivity contribution in [3.8, 4) is 35.0 Å². The van der Waals surface area contributed by atoms with Gasteiger partial charge in [0.05, 0.1) is 10.7 Å². The lowest BCUT2D eigenvalue weighted by Gasteiger charge is -2.20. The summed E-state index contributed by atoms with van der Waals surface area (Å²) >= 11 is 6.37. The first-order valence-corrected chi connectivity index (χ1v) is 9.19. The third kappa shape index (κ3) is 4.53. The molecule has 0 saturated carbocycles. The van der Waals surface area contributed by atoms with Gasteiger partial charge >= 0.3 is 0 Å². The van der Waals surface area contributed by atoms with E-state index in [4.69, 9.17) is 23.8 Å². The first kappa shape index (κ1) is 20.3. The molecule has 0 bridgehead atoms. The summed E-state index contributed by atoms with van der Waals surface area (Å²) in [7, 11) is 0. The molecule has 3 N–H and O–H groups in total. The Morgan fingerprint density at radius 3 is 2.72 bits per heavy atom. The normalized spacial score (nSPS) is 11.1. The topological polar surface area (TPSA) is 102 Å². The lowest BCUT2D eigenvalue weighted by atomic mass is 9.85. The standard InChI is InChI=1S/C22H19ClN4O2/c1-4-13-7-15(12-25-11-13)18-9-19(28)27-20(26-18)16-8-14(5-6-17(16)23)10-22(2,3)21(24)29/h1,5-9,11-12H,10H2,2-3H3,(H2,24,29)(H,26,27,28). The highest BCUT2D eigenvalue weighted by Crippen LogP contribution is 2.30. The molecule has 3 rings (SSSR count). The second-order valence-electron chi connectivity index (χ2n) is 7.32. The minimum atomic E-state index is -0.727. The molecular formula is C22H19ClN4O2. The van der Waals surface area contributed by atoms with Gasteiger partial charge in [-0.3, -0.25) is 14.6 Å². The average Bonchev–Trinajstić information content (AvgIpc) is 2.68. The summed E-state index contributed by atoms with van der Waals surface area (Å²) in [6.45, 7) is 3.55. The summed E-state index contributed by atoms with van der Waals surface area (Å²) in [6, 6.07) is 8.42. The third-order valence-electron chi connectivity index (χ3n) is 4.54. The number of rotatable bonds is 5. The van der Waals surface area contributed by atoms with Gasteiger partial charge in [0.25, 0.3) is 5.56 Å². The number of terminal acetylenes is 1. The highest BCUT2D eigenvalue weighted by atomic mass is 35.5. The molecule has 6 nitrogen and oxygen atoms in total. The number of aromatic amines is 1. The number of pyridine rings is 1. The third-order valence-corrected chi connectivity index (χ3v) is 4.87. The van der Waals surface area contributed by atoms with Crippen LogP contribution >= 0.6 is 11.6 Å². The molecule has 0 aliphatic heterocycles. The summed E-state index contributed by atoms with van der Waals surface area (Å²) in [5.74, 6) is 2.42. The van der Waals surface area contributed by atoms with Crippen LogP contribution in [-0.4, -0.2) is 20.9 Å². The zero-order chi connectivity index (χ0) is 21.2. The minimum absolute atomic E-state index is 0.308. The van der Waals surface area contributed by atoms with Crippen LogP contribution < -0.4 is 11.3 Å². The SMILES string of the molecule is C#Cc1cncc(-c2cc(=O)[nH]c(-c3cc(CC(C)(C)C(N)=O)ccc3Cl)n2)c1. The van der Waals surface area contributed by atoms with Crippen molar-refractivity contribution >= 4 is 17.5 Å². The van der Waals surface area contributed by atoms with E-state index in [1.54, 1.807) is 44.4 Å². The lowest BCUT2D eigenvalue weighted by Crippen LogP contribution is -2.33. The van der Waals surface area contributed by atoms with Crippen molar-refractivity contribution in [2.24, 2.45) is 11.1 Å². The Balaban J connectivity index is 2.08. The summed E-state index contributed by atoms with van der Waals surface area (Å²) in [5, 5.41) is 0.418. The monoisotopic (exact) mass is 406 g/mol. The van der Waals surface area contributed by atoms with Gasteiger partial charge in [0.2, 0.25) is 5.91 Å². The van der Waals surface area contributed by atoms with Crippen molar-refractivity contribution in [3.05, 3.63) is 69.2 Å². The largest absolute Gasteiger partial charge is 0.369 e. The molecule has 2 aromatic heterocycles. The number of nitrogens with one attached hydrogen (secondary N) is 1. The van der Waals surface area contributed by atoms with Gasteiger partial charge in [-0.25, -0.2) is 4.98 Å². The Kier molecular flexibility index (Phi) is 5.53. The van der Waals surface area contributed by atoms with Crippen LogP contribution in [0.25, 0.3) is 22.6 Å². The van der Waals surface area contributed by atoms with E-state index in [1.165, 1.54) is 6.07 Å². The number of carbonyl (C=O) groups is 1. The number of nitrogens with zero attached hydrogens (tertiary/aromatic N) is 2. The summed E-state index contributed by atoms with van der Waals surface area (Å²) in [5.41, 5.74) is 7.43. The molecule has 0 aliphatic rings. The molecule has 0 saturated heterocycles. The molecule has 2 heterocycles. The number of H-pyrrole nitrogens is 1. The molecule has 7 heteroatoms. The van der Waals surface area contributed by atoms with Crippen molar-refractivity contribution in [2.45, 2.75) is 20.3 Å². The van der Waals surface area contributed by atoms with Crippen LogP contribution in [0.5, 0.6) is 0 Å². The van der Waals surface area contributed by atoms with Gasteiger partial charge in [-0.1, -0.05) is 37.4 Å². The van der Waals surface area contributed by atoms with Crippen LogP contribution in [0, 0.1) is 17.8 Å². The molecule has 0 fully saturated rings. The van der Waals surface area contributed by atoms with Gasteiger partial charge < -0.3 is 10.7 Å². The van der Waals surface area contributed by atoms with Gasteiger partial charge in [-0.15, -0.1) is 6.42 Å². The van der Waals surface area contributed by atoms with Crippen LogP contribution in [0.2, 0.25) is 5.02 Å². The number of nitrogens with two attached hydrogens (primary N) is 1. The van der Waals surface area contributed by atoms with E-state index < -0.39 is 11.3 Å². The fraction of sp³-hybridized carbons (Fsp3) is 0.182. The van der Waals surface area contributed by atoms with E-state index in [-0.39, 0.29) is 5.56 Å². The zero-order valence-corrected chi connectivity index (χ0v) is 16.7. The number of carbonyl (C=O) groups excluding carboxylic acids is 1. The molecule has 146 valence electrons. The average molecular weight is 407 g/mol. The van der Waals surface area contributed by atoms with E-state index in [1.807, 2.05) is 6.07 Å². The van der Waals surface area contributed by atoms with Crippen molar-refractivity contribution < 1.29 is 4.79 Å². The van der Waals surface area contributed by atoms with Crippen molar-refractivity contribution in [1.29, 1.82) is 0 Å². The number of hydrogen-bond acceptors (Lipinski definition) is 4. The van der Waals surface area contributed by atoms with Crippen LogP contribution in [-0.2, 0) is 11.2 Å². The Labute approximate surface area is 173 Å². The maximum Gasteiger partial charge on any atom is 0.251 e. The molecular weight excluding hydrogens is 388 g/mol. The van der Waals surface area contributed by atoms with E-state index in [2.05, 4.69) is 20.9 Å². The van der Waals surface area contributed by atoms with Crippen LogP contribution in [0.1, 0.15) is 25.0 Å². The van der Waals surface area contributed by atoms with Crippen molar-refractivity contribution in [2.75, 3.05) is 0 Å². The number of benzene rings is 1. The highest BCUT2D eigenvalue weighted by molar-refractivity contribution is 6.33. The minimum Gasteiger partial charge on any atom is -0.369 e. The van der Waals surface area contributed by atoms with Crippen molar-refractivity contribution in [1.82, 2.24) is 15.0 Å². The van der Waals surface area contributed by atoms with Crippen molar-refractivity contribution in [3.63, 3.8) is 0 Å². The number of halogens is 1. The molecule has 3 aromatic rings. The number of hydrogen-bond donors (Lipinski definition) is 2. The molecule has 0 spiro atoms. The highest BCUT2D eigenvalue weighted by Gasteiger charge is 2.25. The Bertz CT molecular complexity index is 1190. The van der Waals surface area contributed by atoms with Gasteiger partial charge in [0, 0.05) is 40.6 Å². The molecule has 29 heavy (non-hydrogen) atoms. The zero-order valence-electron chi connectivity index (χ0n) is 16.0. The summed E-state index contributed by atoms with van der Waals surface area (Å²) in [6.07, 6.45) is 8.99. The predicted molar refractivity (Wildman–Crippen MR) is 113 cm³/mol. The van der Waals surface area contributed by atoms with E-state index >= 15 is 0 Å². The molecule has 0 atom stereocenters. The van der Waals surface area contributed by atoms with Gasteiger partial charge in [-0.05, 0) is 30.2 Å². The molecule has 0 radical (unpaired) electrons. The van der Waals surface area contributed by atoms with Crippen LogP contribution in [0.3, 0.4) is 0 Å². The number of aromatic nitrogens is 3. The fourth-order valence-corrected chi connectivity index (χ4v) is 3.06. The molecule has 1 amide bonds. The number of amides is 1. The summed E-state index contributed by atoms with van der Waals surface area (Å²) in [4.78, 5) is 35.3. The Morgan fingerprint density at radius 2 is 2.03 bits per heavy atom.